The number of aliphatic carboxylic acids is 1. The summed E-state index contributed by atoms with van der Waals surface area (Å²) in [4.78, 5) is 10.8. The molecule has 0 amide bonds. The first-order chi connectivity index (χ1) is 13.0. The lowest BCUT2D eigenvalue weighted by molar-refractivity contribution is -0.141. The van der Waals surface area contributed by atoms with Gasteiger partial charge in [0.25, 0.3) is 0 Å². The van der Waals surface area contributed by atoms with E-state index in [9.17, 15) is 9.90 Å². The fourth-order valence-corrected chi connectivity index (χ4v) is 2.85. The van der Waals surface area contributed by atoms with Gasteiger partial charge in [0, 0.05) is 12.2 Å². The molecule has 27 heavy (non-hydrogen) atoms. The van der Waals surface area contributed by atoms with Gasteiger partial charge in [-0.1, -0.05) is 63.0 Å². The second-order valence-electron chi connectivity index (χ2n) is 7.25. The molecule has 1 aromatic carbocycles. The summed E-state index contributed by atoms with van der Waals surface area (Å²) in [7, 11) is 0. The first-order valence-electron chi connectivity index (χ1n) is 10.1. The number of aliphatic hydroxyl groups excluding tert-OH is 2. The molecule has 0 bridgehead atoms. The average molecular weight is 375 g/mol. The summed E-state index contributed by atoms with van der Waals surface area (Å²) in [5.41, 5.74) is 2.17. The lowest BCUT2D eigenvalue weighted by Crippen LogP contribution is -2.13. The Bertz CT molecular complexity index is 583. The molecule has 0 saturated carbocycles. The highest BCUT2D eigenvalue weighted by molar-refractivity contribution is 5.69. The quantitative estimate of drug-likeness (QED) is 0.358. The Morgan fingerprint density at radius 1 is 0.963 bits per heavy atom. The summed E-state index contributed by atoms with van der Waals surface area (Å²) in [6.07, 6.45) is 9.28. The topological polar surface area (TPSA) is 77.8 Å². The van der Waals surface area contributed by atoms with Crippen molar-refractivity contribution in [3.8, 4) is 11.8 Å². The van der Waals surface area contributed by atoms with Gasteiger partial charge in [0.15, 0.2) is 0 Å². The number of carbonyl (C=O) groups is 1. The highest BCUT2D eigenvalue weighted by atomic mass is 16.4. The Labute approximate surface area is 163 Å². The van der Waals surface area contributed by atoms with Gasteiger partial charge < -0.3 is 15.3 Å². The van der Waals surface area contributed by atoms with Crippen molar-refractivity contribution in [1.82, 2.24) is 0 Å². The van der Waals surface area contributed by atoms with E-state index in [0.29, 0.717) is 19.4 Å². The van der Waals surface area contributed by atoms with Gasteiger partial charge in [0.2, 0.25) is 0 Å². The van der Waals surface area contributed by atoms with Crippen LogP contribution in [0.25, 0.3) is 0 Å². The van der Waals surface area contributed by atoms with E-state index in [-0.39, 0.29) is 0 Å². The van der Waals surface area contributed by atoms with Crippen LogP contribution in [-0.4, -0.2) is 34.0 Å². The summed E-state index contributed by atoms with van der Waals surface area (Å²) < 4.78 is 0. The maximum absolute atomic E-state index is 10.8. The SMILES string of the molecule is CC(CCC(O)C#Cc1ccc(CCCCCCCCCO)cc1)C(=O)O. The van der Waals surface area contributed by atoms with E-state index in [2.05, 4.69) is 24.0 Å². The third-order valence-electron chi connectivity index (χ3n) is 4.76. The van der Waals surface area contributed by atoms with Gasteiger partial charge in [0.05, 0.1) is 5.92 Å². The van der Waals surface area contributed by atoms with Crippen molar-refractivity contribution < 1.29 is 20.1 Å². The van der Waals surface area contributed by atoms with Crippen LogP contribution in [0.5, 0.6) is 0 Å². The first kappa shape index (κ1) is 23.2. The van der Waals surface area contributed by atoms with Crippen LogP contribution in [0, 0.1) is 17.8 Å². The molecule has 0 heterocycles. The van der Waals surface area contributed by atoms with Crippen molar-refractivity contribution in [1.29, 1.82) is 0 Å². The van der Waals surface area contributed by atoms with Crippen LogP contribution < -0.4 is 0 Å². The molecule has 2 atom stereocenters. The summed E-state index contributed by atoms with van der Waals surface area (Å²) in [6.45, 7) is 1.95. The van der Waals surface area contributed by atoms with Crippen molar-refractivity contribution in [2.24, 2.45) is 5.92 Å². The Hall–Kier alpha value is -1.83. The van der Waals surface area contributed by atoms with E-state index in [1.165, 1.54) is 37.7 Å². The fourth-order valence-electron chi connectivity index (χ4n) is 2.85. The number of hydrogen-bond acceptors (Lipinski definition) is 3. The van der Waals surface area contributed by atoms with E-state index >= 15 is 0 Å². The summed E-state index contributed by atoms with van der Waals surface area (Å²) >= 11 is 0. The molecule has 0 fully saturated rings. The molecular formula is C23H34O4. The maximum Gasteiger partial charge on any atom is 0.306 e. The third-order valence-corrected chi connectivity index (χ3v) is 4.76. The van der Waals surface area contributed by atoms with Gasteiger partial charge in [-0.25, -0.2) is 0 Å². The zero-order chi connectivity index (χ0) is 19.9. The van der Waals surface area contributed by atoms with Crippen LogP contribution in [0.1, 0.15) is 75.8 Å². The lowest BCUT2D eigenvalue weighted by Gasteiger charge is -2.06. The maximum atomic E-state index is 10.8. The largest absolute Gasteiger partial charge is 0.481 e. The molecule has 0 radical (unpaired) electrons. The second-order valence-corrected chi connectivity index (χ2v) is 7.25. The smallest absolute Gasteiger partial charge is 0.306 e. The number of carboxylic acid groups (broad SMARTS) is 1. The van der Waals surface area contributed by atoms with Gasteiger partial charge in [-0.05, 0) is 49.8 Å². The van der Waals surface area contributed by atoms with Crippen LogP contribution in [0.15, 0.2) is 24.3 Å². The van der Waals surface area contributed by atoms with Crippen molar-refractivity contribution in [3.63, 3.8) is 0 Å². The van der Waals surface area contributed by atoms with Crippen molar-refractivity contribution in [3.05, 3.63) is 35.4 Å². The van der Waals surface area contributed by atoms with Gasteiger partial charge in [-0.15, -0.1) is 0 Å². The number of hydrogen-bond donors (Lipinski definition) is 3. The molecule has 4 heteroatoms. The summed E-state index contributed by atoms with van der Waals surface area (Å²) in [5, 5.41) is 27.4. The predicted octanol–water partition coefficient (Wildman–Crippen LogP) is 4.17. The number of carboxylic acids is 1. The average Bonchev–Trinajstić information content (AvgIpc) is 2.67. The van der Waals surface area contributed by atoms with Crippen LogP contribution in [-0.2, 0) is 11.2 Å². The minimum Gasteiger partial charge on any atom is -0.481 e. The molecule has 0 aromatic heterocycles. The molecule has 3 N–H and O–H groups in total. The Morgan fingerprint density at radius 2 is 1.56 bits per heavy atom. The van der Waals surface area contributed by atoms with Crippen molar-refractivity contribution in [2.45, 2.75) is 77.2 Å². The molecule has 2 unspecified atom stereocenters. The molecule has 0 aliphatic heterocycles. The molecule has 0 aliphatic carbocycles. The second kappa shape index (κ2) is 14.3. The first-order valence-corrected chi connectivity index (χ1v) is 10.1. The molecule has 0 spiro atoms. The Kier molecular flexibility index (Phi) is 12.3. The number of rotatable bonds is 13. The molecule has 150 valence electrons. The molecule has 4 nitrogen and oxygen atoms in total. The molecule has 0 saturated heterocycles. The Balaban J connectivity index is 2.25. The standard InChI is InChI=1S/C23H34O4/c1-19(23(26)27)10-16-22(25)17-15-21-13-11-20(12-14-21)9-7-5-3-2-4-6-8-18-24/h11-14,19,22,24-25H,2-10,16,18H2,1H3,(H,26,27). The molecule has 0 aliphatic rings. The Morgan fingerprint density at radius 3 is 2.15 bits per heavy atom. The molecule has 1 aromatic rings. The van der Waals surface area contributed by atoms with Crippen LogP contribution in [0.3, 0.4) is 0 Å². The van der Waals surface area contributed by atoms with E-state index in [0.717, 1.165) is 24.8 Å². The van der Waals surface area contributed by atoms with Gasteiger partial charge in [-0.3, -0.25) is 4.79 Å². The van der Waals surface area contributed by atoms with Crippen LogP contribution >= 0.6 is 0 Å². The lowest BCUT2D eigenvalue weighted by atomic mass is 10.0. The predicted molar refractivity (Wildman–Crippen MR) is 108 cm³/mol. The number of aliphatic hydroxyl groups is 2. The third kappa shape index (κ3) is 11.5. The van der Waals surface area contributed by atoms with E-state index in [4.69, 9.17) is 10.2 Å². The van der Waals surface area contributed by atoms with E-state index in [1.807, 2.05) is 12.1 Å². The minimum absolute atomic E-state index is 0.309. The number of aryl methyl sites for hydroxylation is 1. The van der Waals surface area contributed by atoms with Gasteiger partial charge in [-0.2, -0.15) is 0 Å². The molecule has 1 rings (SSSR count). The van der Waals surface area contributed by atoms with Crippen LogP contribution in [0.4, 0.5) is 0 Å². The summed E-state index contributed by atoms with van der Waals surface area (Å²) in [6, 6.07) is 8.13. The minimum atomic E-state index is -0.840. The van der Waals surface area contributed by atoms with Crippen molar-refractivity contribution >= 4 is 5.97 Å². The number of benzene rings is 1. The van der Waals surface area contributed by atoms with E-state index < -0.39 is 18.0 Å². The van der Waals surface area contributed by atoms with Crippen LogP contribution in [0.2, 0.25) is 0 Å². The fraction of sp³-hybridized carbons (Fsp3) is 0.609. The monoisotopic (exact) mass is 374 g/mol. The van der Waals surface area contributed by atoms with E-state index in [1.54, 1.807) is 6.92 Å². The van der Waals surface area contributed by atoms with Gasteiger partial charge >= 0.3 is 5.97 Å². The normalized spacial score (nSPS) is 12.9. The van der Waals surface area contributed by atoms with Crippen molar-refractivity contribution in [2.75, 3.05) is 6.61 Å². The zero-order valence-electron chi connectivity index (χ0n) is 16.5. The highest BCUT2D eigenvalue weighted by Gasteiger charge is 2.12. The molecular weight excluding hydrogens is 340 g/mol. The zero-order valence-corrected chi connectivity index (χ0v) is 16.5. The summed E-state index contributed by atoms with van der Waals surface area (Å²) in [5.74, 6) is 4.45. The van der Waals surface area contributed by atoms with Gasteiger partial charge in [0.1, 0.15) is 6.10 Å². The number of unbranched alkanes of at least 4 members (excludes halogenated alkanes) is 6. The highest BCUT2D eigenvalue weighted by Crippen LogP contribution is 2.12.